The summed E-state index contributed by atoms with van der Waals surface area (Å²) >= 11 is 0. The number of carbonyl (C=O) groups is 1. The van der Waals surface area contributed by atoms with E-state index in [-0.39, 0.29) is 0 Å². The number of aromatic nitrogens is 1. The fourth-order valence-corrected chi connectivity index (χ4v) is 1.10. The fourth-order valence-electron chi connectivity index (χ4n) is 1.10. The minimum Gasteiger partial charge on any atom is -0.480 e. The highest BCUT2D eigenvalue weighted by molar-refractivity contribution is 5.73. The van der Waals surface area contributed by atoms with Crippen LogP contribution in [0, 0.1) is 0 Å². The van der Waals surface area contributed by atoms with Gasteiger partial charge in [0.15, 0.2) is 0 Å². The van der Waals surface area contributed by atoms with E-state index < -0.39 is 12.0 Å². The molecule has 5 N–H and O–H groups in total. The highest BCUT2D eigenvalue weighted by Gasteiger charge is 2.10. The lowest BCUT2D eigenvalue weighted by Gasteiger charge is -2.05. The second-order valence-corrected chi connectivity index (χ2v) is 3.07. The molecule has 5 heteroatoms. The number of nitrogens with two attached hydrogens (primary N) is 2. The van der Waals surface area contributed by atoms with Crippen molar-refractivity contribution in [1.82, 2.24) is 4.98 Å². The van der Waals surface area contributed by atoms with Gasteiger partial charge in [-0.3, -0.25) is 4.79 Å². The first-order valence-corrected chi connectivity index (χ1v) is 4.28. The van der Waals surface area contributed by atoms with Crippen molar-refractivity contribution >= 4 is 11.8 Å². The van der Waals surface area contributed by atoms with E-state index in [9.17, 15) is 4.79 Å². The molecule has 76 valence electrons. The quantitative estimate of drug-likeness (QED) is 0.628. The molecule has 1 rings (SSSR count). The second-order valence-electron chi connectivity index (χ2n) is 3.07. The number of carboxylic acid groups (broad SMARTS) is 1. The van der Waals surface area contributed by atoms with Gasteiger partial charge >= 0.3 is 5.97 Å². The number of pyridine rings is 1. The zero-order valence-corrected chi connectivity index (χ0v) is 7.68. The van der Waals surface area contributed by atoms with Gasteiger partial charge in [0.05, 0.1) is 0 Å². The van der Waals surface area contributed by atoms with Crippen LogP contribution in [-0.2, 0) is 11.2 Å². The molecule has 1 aromatic rings. The average molecular weight is 195 g/mol. The summed E-state index contributed by atoms with van der Waals surface area (Å²) in [6.07, 6.45) is 2.59. The van der Waals surface area contributed by atoms with Gasteiger partial charge in [-0.15, -0.1) is 0 Å². The van der Waals surface area contributed by atoms with Crippen LogP contribution >= 0.6 is 0 Å². The molecule has 0 saturated heterocycles. The van der Waals surface area contributed by atoms with Crippen LogP contribution in [0.3, 0.4) is 0 Å². The maximum atomic E-state index is 10.4. The molecule has 0 saturated carbocycles. The van der Waals surface area contributed by atoms with Gasteiger partial charge in [-0.05, 0) is 30.5 Å². The third-order valence-corrected chi connectivity index (χ3v) is 1.91. The monoisotopic (exact) mass is 195 g/mol. The van der Waals surface area contributed by atoms with Gasteiger partial charge in [-0.2, -0.15) is 0 Å². The standard InChI is InChI=1S/C9H13N3O2/c10-7(9(13)14)2-1-6-3-4-12-8(11)5-6/h3-5,7H,1-2,10H2,(H2,11,12)(H,13,14). The van der Waals surface area contributed by atoms with Crippen molar-refractivity contribution < 1.29 is 9.90 Å². The van der Waals surface area contributed by atoms with Crippen molar-refractivity contribution in [2.24, 2.45) is 5.73 Å². The van der Waals surface area contributed by atoms with Gasteiger partial charge < -0.3 is 16.6 Å². The second kappa shape index (κ2) is 4.57. The summed E-state index contributed by atoms with van der Waals surface area (Å²) in [5.41, 5.74) is 11.8. The largest absolute Gasteiger partial charge is 0.480 e. The van der Waals surface area contributed by atoms with Crippen LogP contribution in [0.15, 0.2) is 18.3 Å². The van der Waals surface area contributed by atoms with Crippen LogP contribution in [0.5, 0.6) is 0 Å². The van der Waals surface area contributed by atoms with E-state index in [1.54, 1.807) is 18.3 Å². The minimum atomic E-state index is -0.980. The molecule has 1 aromatic heterocycles. The van der Waals surface area contributed by atoms with Crippen molar-refractivity contribution in [3.8, 4) is 0 Å². The van der Waals surface area contributed by atoms with E-state index in [0.29, 0.717) is 18.7 Å². The Kier molecular flexibility index (Phi) is 3.41. The smallest absolute Gasteiger partial charge is 0.320 e. The van der Waals surface area contributed by atoms with Crippen LogP contribution in [0.2, 0.25) is 0 Å². The Balaban J connectivity index is 2.49. The average Bonchev–Trinajstić information content (AvgIpc) is 2.14. The van der Waals surface area contributed by atoms with Crippen molar-refractivity contribution in [1.29, 1.82) is 0 Å². The fraction of sp³-hybridized carbons (Fsp3) is 0.333. The molecule has 0 aliphatic rings. The maximum Gasteiger partial charge on any atom is 0.320 e. The van der Waals surface area contributed by atoms with Crippen LogP contribution < -0.4 is 11.5 Å². The number of carboxylic acids is 1. The van der Waals surface area contributed by atoms with Crippen molar-refractivity contribution in [2.45, 2.75) is 18.9 Å². The molecular formula is C9H13N3O2. The van der Waals surface area contributed by atoms with Gasteiger partial charge in [-0.25, -0.2) is 4.98 Å². The van der Waals surface area contributed by atoms with Crippen molar-refractivity contribution in [3.63, 3.8) is 0 Å². The number of aliphatic carboxylic acids is 1. The molecule has 1 heterocycles. The van der Waals surface area contributed by atoms with E-state index in [1.165, 1.54) is 0 Å². The number of hydrogen-bond acceptors (Lipinski definition) is 4. The number of nitrogen functional groups attached to an aromatic ring is 1. The Hall–Kier alpha value is -1.62. The summed E-state index contributed by atoms with van der Waals surface area (Å²) in [6.45, 7) is 0. The predicted molar refractivity (Wildman–Crippen MR) is 52.6 cm³/mol. The van der Waals surface area contributed by atoms with Crippen LogP contribution in [0.1, 0.15) is 12.0 Å². The molecule has 1 unspecified atom stereocenters. The zero-order valence-electron chi connectivity index (χ0n) is 7.68. The van der Waals surface area contributed by atoms with E-state index in [1.807, 2.05) is 0 Å². The van der Waals surface area contributed by atoms with Gasteiger partial charge in [0, 0.05) is 6.20 Å². The topological polar surface area (TPSA) is 102 Å². The Morgan fingerprint density at radius 2 is 2.36 bits per heavy atom. The Bertz CT molecular complexity index is 328. The summed E-state index contributed by atoms with van der Waals surface area (Å²) in [6, 6.07) is 2.70. The molecule has 0 aromatic carbocycles. The van der Waals surface area contributed by atoms with Crippen molar-refractivity contribution in [2.75, 3.05) is 5.73 Å². The highest BCUT2D eigenvalue weighted by Crippen LogP contribution is 2.06. The number of aryl methyl sites for hydroxylation is 1. The number of nitrogens with zero attached hydrogens (tertiary/aromatic N) is 1. The van der Waals surface area contributed by atoms with E-state index in [4.69, 9.17) is 16.6 Å². The first kappa shape index (κ1) is 10.5. The third kappa shape index (κ3) is 3.02. The number of anilines is 1. The lowest BCUT2D eigenvalue weighted by atomic mass is 10.1. The zero-order chi connectivity index (χ0) is 10.6. The van der Waals surface area contributed by atoms with E-state index in [2.05, 4.69) is 4.98 Å². The molecule has 0 amide bonds. The summed E-state index contributed by atoms with van der Waals surface area (Å²) in [4.78, 5) is 14.3. The first-order valence-electron chi connectivity index (χ1n) is 4.28. The molecule has 14 heavy (non-hydrogen) atoms. The van der Waals surface area contributed by atoms with Gasteiger partial charge in [0.1, 0.15) is 11.9 Å². The summed E-state index contributed by atoms with van der Waals surface area (Å²) in [5.74, 6) is -0.543. The maximum absolute atomic E-state index is 10.4. The molecular weight excluding hydrogens is 182 g/mol. The molecule has 0 aliphatic carbocycles. The predicted octanol–water partition coefficient (Wildman–Crippen LogP) is 0.00830. The molecule has 1 atom stereocenters. The molecule has 0 bridgehead atoms. The third-order valence-electron chi connectivity index (χ3n) is 1.91. The van der Waals surface area contributed by atoms with Crippen molar-refractivity contribution in [3.05, 3.63) is 23.9 Å². The lowest BCUT2D eigenvalue weighted by Crippen LogP contribution is -2.30. The van der Waals surface area contributed by atoms with E-state index in [0.717, 1.165) is 5.56 Å². The molecule has 0 spiro atoms. The van der Waals surface area contributed by atoms with E-state index >= 15 is 0 Å². The first-order chi connectivity index (χ1) is 6.59. The van der Waals surface area contributed by atoms with Gasteiger partial charge in [0.25, 0.3) is 0 Å². The van der Waals surface area contributed by atoms with Gasteiger partial charge in [-0.1, -0.05) is 0 Å². The SMILES string of the molecule is Nc1cc(CCC(N)C(=O)O)ccn1. The van der Waals surface area contributed by atoms with Crippen LogP contribution in [0.4, 0.5) is 5.82 Å². The highest BCUT2D eigenvalue weighted by atomic mass is 16.4. The molecule has 0 fully saturated rings. The van der Waals surface area contributed by atoms with Crippen LogP contribution in [-0.4, -0.2) is 22.1 Å². The minimum absolute atomic E-state index is 0.402. The normalized spacial score (nSPS) is 12.4. The van der Waals surface area contributed by atoms with Gasteiger partial charge in [0.2, 0.25) is 0 Å². The Morgan fingerprint density at radius 3 is 2.93 bits per heavy atom. The van der Waals surface area contributed by atoms with Crippen LogP contribution in [0.25, 0.3) is 0 Å². The molecule has 5 nitrogen and oxygen atoms in total. The lowest BCUT2D eigenvalue weighted by molar-refractivity contribution is -0.138. The summed E-state index contributed by atoms with van der Waals surface area (Å²) in [5, 5.41) is 8.55. The Labute approximate surface area is 81.7 Å². The number of rotatable bonds is 4. The summed E-state index contributed by atoms with van der Waals surface area (Å²) < 4.78 is 0. The molecule has 0 radical (unpaired) electrons. The number of hydrogen-bond donors (Lipinski definition) is 3. The Morgan fingerprint density at radius 1 is 1.64 bits per heavy atom. The molecule has 0 aliphatic heterocycles. The summed E-state index contributed by atoms with van der Waals surface area (Å²) in [7, 11) is 0.